The summed E-state index contributed by atoms with van der Waals surface area (Å²) < 4.78 is 4.84. The molecule has 4 bridgehead atoms. The molecule has 4 aliphatic rings. The lowest BCUT2D eigenvalue weighted by Crippen LogP contribution is -2.56. The standard InChI is InChI=1S/C14H21NO4/c16-12(6-19-7-13(17)18)15-14-10-2-8-1-9(4-10)5-11(14)3-8/h8-11,14H,1-7H2,(H,15,16)(H,17,18). The van der Waals surface area contributed by atoms with Gasteiger partial charge in [0, 0.05) is 6.04 Å². The number of carboxylic acid groups (broad SMARTS) is 1. The van der Waals surface area contributed by atoms with E-state index in [9.17, 15) is 9.59 Å². The maximum absolute atomic E-state index is 11.8. The van der Waals surface area contributed by atoms with Crippen molar-refractivity contribution in [3.8, 4) is 0 Å². The Bertz CT molecular complexity index is 354. The molecule has 1 amide bonds. The van der Waals surface area contributed by atoms with Crippen LogP contribution in [0.3, 0.4) is 0 Å². The first-order valence-corrected chi connectivity index (χ1v) is 7.20. The summed E-state index contributed by atoms with van der Waals surface area (Å²) in [5.74, 6) is 1.85. The minimum absolute atomic E-state index is 0.144. The van der Waals surface area contributed by atoms with Gasteiger partial charge in [-0.2, -0.15) is 0 Å². The van der Waals surface area contributed by atoms with Crippen LogP contribution in [0, 0.1) is 23.7 Å². The molecule has 5 heteroatoms. The number of rotatable bonds is 5. The number of nitrogens with one attached hydrogen (secondary N) is 1. The molecule has 0 radical (unpaired) electrons. The van der Waals surface area contributed by atoms with Crippen molar-refractivity contribution in [1.82, 2.24) is 5.32 Å². The van der Waals surface area contributed by atoms with Crippen LogP contribution >= 0.6 is 0 Å². The van der Waals surface area contributed by atoms with Crippen molar-refractivity contribution in [1.29, 1.82) is 0 Å². The molecule has 4 saturated carbocycles. The molecule has 4 fully saturated rings. The third kappa shape index (κ3) is 2.76. The Hall–Kier alpha value is -1.10. The Morgan fingerprint density at radius 3 is 2.11 bits per heavy atom. The van der Waals surface area contributed by atoms with Crippen molar-refractivity contribution >= 4 is 11.9 Å². The number of carbonyl (C=O) groups is 2. The second kappa shape index (κ2) is 5.12. The van der Waals surface area contributed by atoms with Gasteiger partial charge in [0.1, 0.15) is 13.2 Å². The first kappa shape index (κ1) is 12.9. The lowest BCUT2D eigenvalue weighted by molar-refractivity contribution is -0.144. The number of carbonyl (C=O) groups excluding carboxylic acids is 1. The van der Waals surface area contributed by atoms with E-state index in [1.54, 1.807) is 0 Å². The summed E-state index contributed by atoms with van der Waals surface area (Å²) in [5, 5.41) is 11.5. The molecule has 0 atom stereocenters. The van der Waals surface area contributed by atoms with Crippen LogP contribution < -0.4 is 5.32 Å². The first-order valence-electron chi connectivity index (χ1n) is 7.20. The van der Waals surface area contributed by atoms with Gasteiger partial charge in [-0.15, -0.1) is 0 Å². The van der Waals surface area contributed by atoms with Gasteiger partial charge in [0.05, 0.1) is 0 Å². The summed E-state index contributed by atoms with van der Waals surface area (Å²) in [5.41, 5.74) is 0. The highest BCUT2D eigenvalue weighted by molar-refractivity contribution is 5.78. The molecule has 2 N–H and O–H groups in total. The minimum atomic E-state index is -1.04. The summed E-state index contributed by atoms with van der Waals surface area (Å²) >= 11 is 0. The molecule has 0 spiro atoms. The van der Waals surface area contributed by atoms with Crippen molar-refractivity contribution in [3.05, 3.63) is 0 Å². The molecule has 5 nitrogen and oxygen atoms in total. The Morgan fingerprint density at radius 1 is 1.00 bits per heavy atom. The van der Waals surface area contributed by atoms with Gasteiger partial charge in [-0.25, -0.2) is 4.79 Å². The third-order valence-corrected chi connectivity index (χ3v) is 5.01. The normalized spacial score (nSPS) is 39.3. The summed E-state index contributed by atoms with van der Waals surface area (Å²) in [7, 11) is 0. The number of amides is 1. The molecule has 0 aromatic rings. The second-order valence-electron chi connectivity index (χ2n) is 6.41. The molecular weight excluding hydrogens is 246 g/mol. The van der Waals surface area contributed by atoms with Gasteiger partial charge < -0.3 is 15.2 Å². The van der Waals surface area contributed by atoms with Crippen LogP contribution in [0.25, 0.3) is 0 Å². The fourth-order valence-electron chi connectivity index (χ4n) is 4.62. The largest absolute Gasteiger partial charge is 0.480 e. The number of hydrogen-bond donors (Lipinski definition) is 2. The average molecular weight is 267 g/mol. The predicted molar refractivity (Wildman–Crippen MR) is 67.4 cm³/mol. The summed E-state index contributed by atoms with van der Waals surface area (Å²) in [6.45, 7) is -0.551. The number of aliphatic carboxylic acids is 1. The van der Waals surface area contributed by atoms with E-state index in [4.69, 9.17) is 9.84 Å². The quantitative estimate of drug-likeness (QED) is 0.780. The van der Waals surface area contributed by atoms with Gasteiger partial charge in [-0.3, -0.25) is 4.79 Å². The summed E-state index contributed by atoms with van der Waals surface area (Å²) in [6.07, 6.45) is 6.43. The zero-order valence-electron chi connectivity index (χ0n) is 11.0. The van der Waals surface area contributed by atoms with E-state index in [0.29, 0.717) is 17.9 Å². The predicted octanol–water partition coefficient (Wildman–Crippen LogP) is 1.03. The van der Waals surface area contributed by atoms with Gasteiger partial charge in [0.15, 0.2) is 0 Å². The third-order valence-electron chi connectivity index (χ3n) is 5.01. The van der Waals surface area contributed by atoms with Crippen molar-refractivity contribution in [2.45, 2.75) is 38.1 Å². The monoisotopic (exact) mass is 267 g/mol. The maximum Gasteiger partial charge on any atom is 0.329 e. The van der Waals surface area contributed by atoms with Crippen molar-refractivity contribution in [2.24, 2.45) is 23.7 Å². The number of hydrogen-bond acceptors (Lipinski definition) is 3. The highest BCUT2D eigenvalue weighted by atomic mass is 16.5. The molecule has 0 aromatic heterocycles. The topological polar surface area (TPSA) is 75.6 Å². The van der Waals surface area contributed by atoms with Crippen LogP contribution in [0.15, 0.2) is 0 Å². The molecule has 0 saturated heterocycles. The average Bonchev–Trinajstić information content (AvgIpc) is 2.32. The van der Waals surface area contributed by atoms with E-state index < -0.39 is 12.6 Å². The van der Waals surface area contributed by atoms with E-state index >= 15 is 0 Å². The first-order chi connectivity index (χ1) is 9.11. The van der Waals surface area contributed by atoms with Crippen molar-refractivity contribution in [2.75, 3.05) is 13.2 Å². The highest BCUT2D eigenvalue weighted by Crippen LogP contribution is 2.53. The van der Waals surface area contributed by atoms with Gasteiger partial charge >= 0.3 is 5.97 Å². The molecule has 0 unspecified atom stereocenters. The Morgan fingerprint density at radius 2 is 1.58 bits per heavy atom. The van der Waals surface area contributed by atoms with Gasteiger partial charge in [0.2, 0.25) is 5.91 Å². The van der Waals surface area contributed by atoms with Crippen LogP contribution in [0.4, 0.5) is 0 Å². The van der Waals surface area contributed by atoms with E-state index in [-0.39, 0.29) is 12.5 Å². The van der Waals surface area contributed by atoms with Crippen LogP contribution in [0.5, 0.6) is 0 Å². The van der Waals surface area contributed by atoms with E-state index in [1.165, 1.54) is 32.1 Å². The Labute approximate surface area is 112 Å². The van der Waals surface area contributed by atoms with Crippen molar-refractivity contribution < 1.29 is 19.4 Å². The Kier molecular flexibility index (Phi) is 3.48. The maximum atomic E-state index is 11.8. The lowest BCUT2D eigenvalue weighted by atomic mass is 9.54. The number of carboxylic acids is 1. The second-order valence-corrected chi connectivity index (χ2v) is 6.41. The summed E-state index contributed by atoms with van der Waals surface area (Å²) in [6, 6.07) is 0.300. The fraction of sp³-hybridized carbons (Fsp3) is 0.857. The van der Waals surface area contributed by atoms with Crippen LogP contribution in [-0.4, -0.2) is 36.2 Å². The van der Waals surface area contributed by atoms with E-state index in [1.807, 2.05) is 0 Å². The zero-order valence-corrected chi connectivity index (χ0v) is 11.0. The van der Waals surface area contributed by atoms with Gasteiger partial charge in [-0.1, -0.05) is 0 Å². The smallest absolute Gasteiger partial charge is 0.329 e. The molecule has 19 heavy (non-hydrogen) atoms. The lowest BCUT2D eigenvalue weighted by Gasteiger charge is -2.54. The van der Waals surface area contributed by atoms with Crippen LogP contribution in [-0.2, 0) is 14.3 Å². The Balaban J connectivity index is 1.50. The molecule has 0 aliphatic heterocycles. The van der Waals surface area contributed by atoms with Gasteiger partial charge in [-0.05, 0) is 55.8 Å². The van der Waals surface area contributed by atoms with Crippen LogP contribution in [0.2, 0.25) is 0 Å². The van der Waals surface area contributed by atoms with Gasteiger partial charge in [0.25, 0.3) is 0 Å². The van der Waals surface area contributed by atoms with Crippen molar-refractivity contribution in [3.63, 3.8) is 0 Å². The van der Waals surface area contributed by atoms with E-state index in [2.05, 4.69) is 5.32 Å². The highest BCUT2D eigenvalue weighted by Gasteiger charge is 2.48. The zero-order chi connectivity index (χ0) is 13.4. The molecule has 0 heterocycles. The van der Waals surface area contributed by atoms with Crippen LogP contribution in [0.1, 0.15) is 32.1 Å². The minimum Gasteiger partial charge on any atom is -0.480 e. The molecule has 4 aliphatic carbocycles. The molecule has 0 aromatic carbocycles. The van der Waals surface area contributed by atoms with E-state index in [0.717, 1.165) is 11.8 Å². The molecular formula is C14H21NO4. The number of ether oxygens (including phenoxy) is 1. The SMILES string of the molecule is O=C(O)COCC(=O)NC1C2CC3CC(C2)CC1C3. The molecule has 4 rings (SSSR count). The summed E-state index contributed by atoms with van der Waals surface area (Å²) in [4.78, 5) is 22.1. The fourth-order valence-corrected chi connectivity index (χ4v) is 4.62. The molecule has 106 valence electrons.